The highest BCUT2D eigenvalue weighted by molar-refractivity contribution is 9.09. The third-order valence-corrected chi connectivity index (χ3v) is 2.71. The molecule has 14 heavy (non-hydrogen) atoms. The molecule has 1 heterocycles. The molecule has 0 N–H and O–H groups in total. The summed E-state index contributed by atoms with van der Waals surface area (Å²) in [7, 11) is 0. The van der Waals surface area contributed by atoms with Crippen molar-refractivity contribution in [1.82, 2.24) is 0 Å². The van der Waals surface area contributed by atoms with E-state index in [1.54, 1.807) is 0 Å². The maximum Gasteiger partial charge on any atom is 0.310 e. The van der Waals surface area contributed by atoms with Crippen LogP contribution in [0.1, 0.15) is 34.1 Å². The van der Waals surface area contributed by atoms with Gasteiger partial charge in [-0.3, -0.25) is 4.79 Å². The molecule has 1 aliphatic heterocycles. The monoisotopic (exact) mass is 264 g/mol. The normalized spacial score (nSPS) is 31.1. The summed E-state index contributed by atoms with van der Waals surface area (Å²) >= 11 is 3.42. The van der Waals surface area contributed by atoms with Gasteiger partial charge in [-0.15, -0.1) is 0 Å². The molecule has 0 aromatic carbocycles. The number of hydrogen-bond acceptors (Lipinski definition) is 3. The standard InChI is InChI=1S/C10H17BrO3/c1-6(11)7-5-8(12)14-9(13-7)10(2,3)4/h6-7,9H,5H2,1-4H3. The number of halogens is 1. The number of carbonyl (C=O) groups is 1. The quantitative estimate of drug-likeness (QED) is 0.539. The van der Waals surface area contributed by atoms with Gasteiger partial charge >= 0.3 is 5.97 Å². The minimum Gasteiger partial charge on any atom is -0.435 e. The van der Waals surface area contributed by atoms with E-state index in [-0.39, 0.29) is 22.3 Å². The van der Waals surface area contributed by atoms with Crippen LogP contribution in [0.5, 0.6) is 0 Å². The van der Waals surface area contributed by atoms with Crippen molar-refractivity contribution < 1.29 is 14.3 Å². The molecule has 0 aliphatic carbocycles. The van der Waals surface area contributed by atoms with Crippen molar-refractivity contribution >= 4 is 21.9 Å². The molecular formula is C10H17BrO3. The zero-order valence-corrected chi connectivity index (χ0v) is 10.6. The number of ether oxygens (including phenoxy) is 2. The summed E-state index contributed by atoms with van der Waals surface area (Å²) < 4.78 is 10.8. The number of esters is 1. The van der Waals surface area contributed by atoms with Gasteiger partial charge in [0.15, 0.2) is 0 Å². The first-order valence-corrected chi connectivity index (χ1v) is 5.71. The molecule has 4 heteroatoms. The third-order valence-electron chi connectivity index (χ3n) is 2.12. The topological polar surface area (TPSA) is 35.5 Å². The van der Waals surface area contributed by atoms with Gasteiger partial charge in [-0.25, -0.2) is 0 Å². The largest absolute Gasteiger partial charge is 0.435 e. The Labute approximate surface area is 93.3 Å². The lowest BCUT2D eigenvalue weighted by Crippen LogP contribution is -2.45. The Morgan fingerprint density at radius 1 is 1.50 bits per heavy atom. The van der Waals surface area contributed by atoms with Gasteiger partial charge in [0.2, 0.25) is 6.29 Å². The van der Waals surface area contributed by atoms with Crippen LogP contribution in [0.25, 0.3) is 0 Å². The van der Waals surface area contributed by atoms with Crippen molar-refractivity contribution in [2.45, 2.75) is 51.3 Å². The molecule has 0 radical (unpaired) electrons. The summed E-state index contributed by atoms with van der Waals surface area (Å²) in [6.07, 6.45) is -0.187. The van der Waals surface area contributed by atoms with E-state index < -0.39 is 6.29 Å². The van der Waals surface area contributed by atoms with E-state index in [1.807, 2.05) is 27.7 Å². The van der Waals surface area contributed by atoms with Gasteiger partial charge in [-0.05, 0) is 0 Å². The highest BCUT2D eigenvalue weighted by Crippen LogP contribution is 2.30. The molecule has 0 bridgehead atoms. The molecule has 3 unspecified atom stereocenters. The van der Waals surface area contributed by atoms with Gasteiger partial charge in [0, 0.05) is 10.2 Å². The van der Waals surface area contributed by atoms with Crippen LogP contribution >= 0.6 is 15.9 Å². The molecule has 1 aliphatic rings. The van der Waals surface area contributed by atoms with Crippen molar-refractivity contribution in [3.63, 3.8) is 0 Å². The fourth-order valence-corrected chi connectivity index (χ4v) is 1.53. The van der Waals surface area contributed by atoms with Gasteiger partial charge in [0.1, 0.15) is 0 Å². The Morgan fingerprint density at radius 3 is 2.50 bits per heavy atom. The summed E-state index contributed by atoms with van der Waals surface area (Å²) in [5, 5.41) is 0. The average molecular weight is 265 g/mol. The number of carbonyl (C=O) groups excluding carboxylic acids is 1. The fourth-order valence-electron chi connectivity index (χ4n) is 1.22. The van der Waals surface area contributed by atoms with E-state index in [9.17, 15) is 4.79 Å². The van der Waals surface area contributed by atoms with Crippen LogP contribution in [0.2, 0.25) is 0 Å². The van der Waals surface area contributed by atoms with Crippen LogP contribution in [0.4, 0.5) is 0 Å². The Hall–Kier alpha value is -0.0900. The van der Waals surface area contributed by atoms with E-state index >= 15 is 0 Å². The molecule has 82 valence electrons. The van der Waals surface area contributed by atoms with Crippen LogP contribution in [0, 0.1) is 5.41 Å². The maximum absolute atomic E-state index is 11.3. The smallest absolute Gasteiger partial charge is 0.310 e. The summed E-state index contributed by atoms with van der Waals surface area (Å²) in [6.45, 7) is 7.95. The Balaban J connectivity index is 2.68. The van der Waals surface area contributed by atoms with E-state index in [4.69, 9.17) is 9.47 Å². The first kappa shape index (κ1) is 12.0. The predicted octanol–water partition coefficient (Wildman–Crippen LogP) is 2.47. The first-order valence-electron chi connectivity index (χ1n) is 4.79. The van der Waals surface area contributed by atoms with Crippen LogP contribution in [0.3, 0.4) is 0 Å². The Morgan fingerprint density at radius 2 is 2.07 bits per heavy atom. The van der Waals surface area contributed by atoms with Crippen LogP contribution in [0.15, 0.2) is 0 Å². The van der Waals surface area contributed by atoms with Crippen molar-refractivity contribution in [3.05, 3.63) is 0 Å². The second kappa shape index (κ2) is 4.19. The highest BCUT2D eigenvalue weighted by Gasteiger charge is 2.38. The van der Waals surface area contributed by atoms with Crippen LogP contribution in [-0.4, -0.2) is 23.2 Å². The molecule has 0 saturated carbocycles. The van der Waals surface area contributed by atoms with E-state index in [0.717, 1.165) is 0 Å². The summed E-state index contributed by atoms with van der Waals surface area (Å²) in [5.41, 5.74) is -0.170. The number of alkyl halides is 1. The minimum absolute atomic E-state index is 0.0829. The molecule has 0 spiro atoms. The lowest BCUT2D eigenvalue weighted by molar-refractivity contribution is -0.242. The van der Waals surface area contributed by atoms with E-state index in [0.29, 0.717) is 6.42 Å². The molecule has 0 aromatic rings. The summed E-state index contributed by atoms with van der Waals surface area (Å²) in [5.74, 6) is -0.174. The van der Waals surface area contributed by atoms with Crippen LogP contribution in [-0.2, 0) is 14.3 Å². The van der Waals surface area contributed by atoms with Crippen molar-refractivity contribution in [1.29, 1.82) is 0 Å². The van der Waals surface area contributed by atoms with Crippen molar-refractivity contribution in [2.24, 2.45) is 5.41 Å². The molecular weight excluding hydrogens is 248 g/mol. The number of hydrogen-bond donors (Lipinski definition) is 0. The van der Waals surface area contributed by atoms with E-state index in [1.165, 1.54) is 0 Å². The van der Waals surface area contributed by atoms with E-state index in [2.05, 4.69) is 15.9 Å². The van der Waals surface area contributed by atoms with Crippen LogP contribution < -0.4 is 0 Å². The molecule has 3 nitrogen and oxygen atoms in total. The molecule has 1 rings (SSSR count). The van der Waals surface area contributed by atoms with Crippen molar-refractivity contribution in [3.8, 4) is 0 Å². The predicted molar refractivity (Wildman–Crippen MR) is 57.2 cm³/mol. The lowest BCUT2D eigenvalue weighted by atomic mass is 9.95. The minimum atomic E-state index is -0.436. The third kappa shape index (κ3) is 2.95. The molecule has 1 fully saturated rings. The summed E-state index contributed by atoms with van der Waals surface area (Å²) in [6, 6.07) is 0. The Bertz CT molecular complexity index is 220. The molecule has 0 amide bonds. The van der Waals surface area contributed by atoms with Gasteiger partial charge in [-0.2, -0.15) is 0 Å². The first-order chi connectivity index (χ1) is 6.30. The zero-order valence-electron chi connectivity index (χ0n) is 9.04. The molecule has 3 atom stereocenters. The second-order valence-electron chi connectivity index (χ2n) is 4.74. The Kier molecular flexibility index (Phi) is 3.58. The van der Waals surface area contributed by atoms with Gasteiger partial charge < -0.3 is 9.47 Å². The number of rotatable bonds is 1. The van der Waals surface area contributed by atoms with Gasteiger partial charge in [0.25, 0.3) is 0 Å². The maximum atomic E-state index is 11.3. The zero-order chi connectivity index (χ0) is 10.9. The second-order valence-corrected chi connectivity index (χ2v) is 6.19. The highest BCUT2D eigenvalue weighted by atomic mass is 79.9. The molecule has 0 aromatic heterocycles. The van der Waals surface area contributed by atoms with Gasteiger partial charge in [-0.1, -0.05) is 43.6 Å². The summed E-state index contributed by atoms with van der Waals surface area (Å²) in [4.78, 5) is 11.5. The number of cyclic esters (lactones) is 1. The fraction of sp³-hybridized carbons (Fsp3) is 0.900. The SMILES string of the molecule is CC(Br)C1CC(=O)OC(C(C)(C)C)O1. The van der Waals surface area contributed by atoms with Crippen molar-refractivity contribution in [2.75, 3.05) is 0 Å². The molecule has 1 saturated heterocycles. The van der Waals surface area contributed by atoms with Gasteiger partial charge in [0.05, 0.1) is 12.5 Å². The average Bonchev–Trinajstić information content (AvgIpc) is 2.01. The lowest BCUT2D eigenvalue weighted by Gasteiger charge is -2.37.